The Hall–Kier alpha value is -3.10. The Morgan fingerprint density at radius 1 is 1.12 bits per heavy atom. The number of aryl methyl sites for hydroxylation is 2. The number of hydrogen-bond acceptors (Lipinski definition) is 6. The fourth-order valence-corrected chi connectivity index (χ4v) is 5.03. The van der Waals surface area contributed by atoms with E-state index in [1.807, 2.05) is 37.9 Å². The molecule has 1 saturated carbocycles. The number of halogens is 2. The van der Waals surface area contributed by atoms with Crippen molar-refractivity contribution in [3.05, 3.63) is 53.0 Å². The van der Waals surface area contributed by atoms with Crippen LogP contribution < -0.4 is 10.2 Å². The zero-order valence-electron chi connectivity index (χ0n) is 19.7. The van der Waals surface area contributed by atoms with Gasteiger partial charge in [0.25, 0.3) is 5.92 Å². The smallest absolute Gasteiger partial charge is 0.252 e. The Morgan fingerprint density at radius 2 is 1.88 bits per heavy atom. The van der Waals surface area contributed by atoms with E-state index < -0.39 is 5.92 Å². The van der Waals surface area contributed by atoms with Crippen LogP contribution in [0.1, 0.15) is 54.9 Å². The van der Waals surface area contributed by atoms with E-state index in [2.05, 4.69) is 40.1 Å². The second kappa shape index (κ2) is 7.46. The normalized spacial score (nSPS) is 18.8. The highest BCUT2D eigenvalue weighted by Gasteiger charge is 2.52. The number of anilines is 2. The molecule has 0 radical (unpaired) electrons. The van der Waals surface area contributed by atoms with Gasteiger partial charge in [-0.3, -0.25) is 4.57 Å². The molecule has 0 spiro atoms. The Morgan fingerprint density at radius 3 is 2.48 bits per heavy atom. The molecule has 0 atom stereocenters. The molecule has 0 amide bonds. The molecule has 174 valence electrons. The van der Waals surface area contributed by atoms with Crippen molar-refractivity contribution in [1.82, 2.24) is 24.5 Å². The quantitative estimate of drug-likeness (QED) is 0.624. The molecule has 3 aromatic heterocycles. The Balaban J connectivity index is 1.47. The van der Waals surface area contributed by atoms with E-state index in [1.165, 1.54) is 0 Å². The zero-order chi connectivity index (χ0) is 23.5. The van der Waals surface area contributed by atoms with Crippen LogP contribution in [-0.4, -0.2) is 50.1 Å². The summed E-state index contributed by atoms with van der Waals surface area (Å²) in [5.41, 5.74) is 3.74. The molecule has 33 heavy (non-hydrogen) atoms. The number of pyridine rings is 1. The van der Waals surface area contributed by atoms with Crippen molar-refractivity contribution >= 4 is 11.6 Å². The van der Waals surface area contributed by atoms with Crippen molar-refractivity contribution in [3.8, 4) is 5.82 Å². The number of nitrogens with one attached hydrogen (secondary N) is 1. The number of alkyl halides is 2. The first kappa shape index (κ1) is 21.7. The Kier molecular flexibility index (Phi) is 4.91. The molecule has 0 bridgehead atoms. The van der Waals surface area contributed by atoms with Gasteiger partial charge in [0.1, 0.15) is 29.6 Å². The lowest BCUT2D eigenvalue weighted by atomic mass is 9.85. The number of nitrogens with zero attached hydrogens (tertiary/aromatic N) is 6. The monoisotopic (exact) mass is 453 g/mol. The van der Waals surface area contributed by atoms with Crippen LogP contribution in [-0.2, 0) is 11.8 Å². The van der Waals surface area contributed by atoms with Gasteiger partial charge < -0.3 is 10.2 Å². The maximum absolute atomic E-state index is 13.6. The summed E-state index contributed by atoms with van der Waals surface area (Å²) in [6.07, 6.45) is 5.81. The Labute approximate surface area is 192 Å². The summed E-state index contributed by atoms with van der Waals surface area (Å²) in [4.78, 5) is 20.7. The SMILES string of the molecule is CNc1nc(Cc2cnc(-n3cnc(C)c3)c(C)c2)nc2c1C(C)(C)CN2C1CC(F)(F)C1. The summed E-state index contributed by atoms with van der Waals surface area (Å²) < 4.78 is 29.2. The number of rotatable bonds is 5. The molecule has 7 nitrogen and oxygen atoms in total. The molecule has 4 heterocycles. The topological polar surface area (TPSA) is 71.8 Å². The fraction of sp³-hybridized carbons (Fsp3) is 0.500. The van der Waals surface area contributed by atoms with Gasteiger partial charge in [0, 0.05) is 62.3 Å². The van der Waals surface area contributed by atoms with Gasteiger partial charge in [0.2, 0.25) is 0 Å². The maximum atomic E-state index is 13.6. The van der Waals surface area contributed by atoms with Gasteiger partial charge >= 0.3 is 0 Å². The molecule has 1 aliphatic carbocycles. The van der Waals surface area contributed by atoms with Gasteiger partial charge in [-0.1, -0.05) is 19.9 Å². The minimum absolute atomic E-state index is 0.116. The van der Waals surface area contributed by atoms with Crippen LogP contribution in [0, 0.1) is 13.8 Å². The van der Waals surface area contributed by atoms with E-state index in [1.54, 1.807) is 6.33 Å². The second-order valence-electron chi connectivity index (χ2n) is 9.95. The van der Waals surface area contributed by atoms with Gasteiger partial charge in [0.15, 0.2) is 0 Å². The molecule has 1 fully saturated rings. The molecule has 3 aromatic rings. The molecule has 0 saturated heterocycles. The summed E-state index contributed by atoms with van der Waals surface area (Å²) in [7, 11) is 1.84. The Bertz CT molecular complexity index is 1210. The van der Waals surface area contributed by atoms with E-state index in [9.17, 15) is 8.78 Å². The molecule has 0 unspecified atom stereocenters. The van der Waals surface area contributed by atoms with E-state index >= 15 is 0 Å². The van der Waals surface area contributed by atoms with E-state index in [0.29, 0.717) is 18.8 Å². The number of fused-ring (bicyclic) bond motifs is 1. The first-order valence-corrected chi connectivity index (χ1v) is 11.3. The summed E-state index contributed by atoms with van der Waals surface area (Å²) in [6.45, 7) is 8.87. The largest absolute Gasteiger partial charge is 0.373 e. The molecule has 1 aliphatic heterocycles. The minimum atomic E-state index is -2.57. The molecular formula is C24H29F2N7. The summed E-state index contributed by atoms with van der Waals surface area (Å²) in [6, 6.07) is 1.90. The average molecular weight is 454 g/mol. The van der Waals surface area contributed by atoms with Crippen LogP contribution in [0.3, 0.4) is 0 Å². The van der Waals surface area contributed by atoms with Crippen molar-refractivity contribution in [1.29, 1.82) is 0 Å². The van der Waals surface area contributed by atoms with Crippen LogP contribution in [0.25, 0.3) is 5.82 Å². The van der Waals surface area contributed by atoms with Gasteiger partial charge in [-0.2, -0.15) is 0 Å². The first-order valence-electron chi connectivity index (χ1n) is 11.3. The van der Waals surface area contributed by atoms with Crippen molar-refractivity contribution in [2.45, 2.75) is 64.3 Å². The molecule has 2 aliphatic rings. The lowest BCUT2D eigenvalue weighted by Gasteiger charge is -2.42. The van der Waals surface area contributed by atoms with Gasteiger partial charge in [-0.05, 0) is 25.0 Å². The highest BCUT2D eigenvalue weighted by Crippen LogP contribution is 2.49. The van der Waals surface area contributed by atoms with Crippen molar-refractivity contribution in [2.24, 2.45) is 0 Å². The van der Waals surface area contributed by atoms with E-state index in [0.717, 1.165) is 39.8 Å². The van der Waals surface area contributed by atoms with Crippen LogP contribution in [0.4, 0.5) is 20.4 Å². The van der Waals surface area contributed by atoms with Gasteiger partial charge in [0.05, 0.1) is 5.69 Å². The summed E-state index contributed by atoms with van der Waals surface area (Å²) in [5.74, 6) is 0.468. The lowest BCUT2D eigenvalue weighted by Crippen LogP contribution is -2.51. The second-order valence-corrected chi connectivity index (χ2v) is 9.95. The summed E-state index contributed by atoms with van der Waals surface area (Å²) in [5, 5.41) is 3.21. The highest BCUT2D eigenvalue weighted by molar-refractivity contribution is 5.68. The van der Waals surface area contributed by atoms with E-state index in [-0.39, 0.29) is 24.3 Å². The molecule has 0 aromatic carbocycles. The number of hydrogen-bond donors (Lipinski definition) is 1. The van der Waals surface area contributed by atoms with E-state index in [4.69, 9.17) is 9.97 Å². The maximum Gasteiger partial charge on any atom is 0.252 e. The van der Waals surface area contributed by atoms with Crippen LogP contribution >= 0.6 is 0 Å². The number of imidazole rings is 1. The van der Waals surface area contributed by atoms with Crippen LogP contribution in [0.2, 0.25) is 0 Å². The van der Waals surface area contributed by atoms with Crippen LogP contribution in [0.15, 0.2) is 24.8 Å². The van der Waals surface area contributed by atoms with Crippen molar-refractivity contribution in [2.75, 3.05) is 23.8 Å². The standard InChI is InChI=1S/C24H29F2N7/c1-14-6-16(10-28-21(14)32-11-15(2)29-13-32)7-18-30-20(27-5)19-22(31-18)33(12-23(19,3)4)17-8-24(25,26)9-17/h6,10-11,13,17H,7-9,12H2,1-5H3,(H,27,30,31). The third-order valence-corrected chi connectivity index (χ3v) is 6.62. The summed E-state index contributed by atoms with van der Waals surface area (Å²) >= 11 is 0. The third-order valence-electron chi connectivity index (χ3n) is 6.62. The fourth-order valence-electron chi connectivity index (χ4n) is 5.03. The lowest BCUT2D eigenvalue weighted by molar-refractivity contribution is -0.0859. The third kappa shape index (κ3) is 3.83. The van der Waals surface area contributed by atoms with Crippen molar-refractivity contribution < 1.29 is 8.78 Å². The van der Waals surface area contributed by atoms with Gasteiger partial charge in [-0.25, -0.2) is 28.7 Å². The highest BCUT2D eigenvalue weighted by atomic mass is 19.3. The molecular weight excluding hydrogens is 424 g/mol. The molecule has 9 heteroatoms. The predicted molar refractivity (Wildman–Crippen MR) is 124 cm³/mol. The number of aromatic nitrogens is 5. The zero-order valence-corrected chi connectivity index (χ0v) is 19.7. The molecule has 5 rings (SSSR count). The van der Waals surface area contributed by atoms with Crippen molar-refractivity contribution in [3.63, 3.8) is 0 Å². The van der Waals surface area contributed by atoms with Crippen LogP contribution in [0.5, 0.6) is 0 Å². The minimum Gasteiger partial charge on any atom is -0.373 e. The predicted octanol–water partition coefficient (Wildman–Crippen LogP) is 4.20. The first-order chi connectivity index (χ1) is 15.6. The van der Waals surface area contributed by atoms with Gasteiger partial charge in [-0.15, -0.1) is 0 Å². The average Bonchev–Trinajstić information content (AvgIpc) is 3.26. The molecule has 1 N–H and O–H groups in total.